The van der Waals surface area contributed by atoms with E-state index in [0.717, 1.165) is 5.56 Å². The van der Waals surface area contributed by atoms with Crippen molar-refractivity contribution in [3.8, 4) is 0 Å². The van der Waals surface area contributed by atoms with Crippen molar-refractivity contribution < 1.29 is 27.6 Å². The molecule has 2 atom stereocenters. The van der Waals surface area contributed by atoms with Gasteiger partial charge in [-0.1, -0.05) is 53.5 Å². The molecule has 23 heavy (non-hydrogen) atoms. The Morgan fingerprint density at radius 1 is 1.30 bits per heavy atom. The highest BCUT2D eigenvalue weighted by atomic mass is 35.5. The fourth-order valence-corrected chi connectivity index (χ4v) is 3.72. The quantitative estimate of drug-likeness (QED) is 0.665. The number of Topliss-reactive ketones (excluding diaryl/α,β-unsaturated/α-hetero) is 1. The number of quaternary nitrogens is 1. The Morgan fingerprint density at radius 2 is 1.96 bits per heavy atom. The monoisotopic (exact) mass is 393 g/mol. The van der Waals surface area contributed by atoms with Crippen LogP contribution in [0.25, 0.3) is 0 Å². The third kappa shape index (κ3) is 5.75. The zero-order valence-electron chi connectivity index (χ0n) is 12.5. The lowest BCUT2D eigenvalue weighted by Crippen LogP contribution is -3.00. The first-order valence-electron chi connectivity index (χ1n) is 7.03. The summed E-state index contributed by atoms with van der Waals surface area (Å²) in [6.07, 6.45) is -0.200. The molecule has 0 spiro atoms. The Balaban J connectivity index is 0.00000264. The number of carbonyl (C=O) groups is 1. The molecule has 0 saturated carbocycles. The lowest BCUT2D eigenvalue weighted by Gasteiger charge is -2.17. The van der Waals surface area contributed by atoms with E-state index in [1.807, 2.05) is 42.6 Å². The van der Waals surface area contributed by atoms with Crippen molar-refractivity contribution in [2.75, 3.05) is 6.54 Å². The van der Waals surface area contributed by atoms with Gasteiger partial charge in [0.1, 0.15) is 16.5 Å². The molecule has 0 aliphatic carbocycles. The maximum absolute atomic E-state index is 12.1. The fraction of sp³-hybridized carbons (Fsp3) is 0.312. The zero-order valence-corrected chi connectivity index (χ0v) is 15.6. The molecule has 0 amide bonds. The molecule has 0 saturated heterocycles. The number of ketones is 1. The second-order valence-corrected chi connectivity index (χ2v) is 7.44. The highest BCUT2D eigenvalue weighted by molar-refractivity contribution is 7.20. The highest BCUT2D eigenvalue weighted by Gasteiger charge is 2.20. The van der Waals surface area contributed by atoms with Crippen molar-refractivity contribution in [2.24, 2.45) is 0 Å². The number of rotatable bonds is 7. The van der Waals surface area contributed by atoms with E-state index in [-0.39, 0.29) is 24.2 Å². The predicted molar refractivity (Wildman–Crippen MR) is 90.9 cm³/mol. The zero-order chi connectivity index (χ0) is 16.1. The summed E-state index contributed by atoms with van der Waals surface area (Å²) < 4.78 is 0.956. The second kappa shape index (κ2) is 9.62. The van der Waals surface area contributed by atoms with Gasteiger partial charge in [-0.25, -0.2) is 0 Å². The largest absolute Gasteiger partial charge is 1.00 e. The van der Waals surface area contributed by atoms with Crippen LogP contribution in [0.4, 0.5) is 0 Å². The number of carbonyl (C=O) groups excluding carboxylic acids is 1. The van der Waals surface area contributed by atoms with E-state index in [9.17, 15) is 9.90 Å². The molecule has 2 rings (SSSR count). The number of aliphatic hydroxyl groups is 1. The lowest BCUT2D eigenvalue weighted by atomic mass is 10.0. The molecule has 3 nitrogen and oxygen atoms in total. The van der Waals surface area contributed by atoms with E-state index >= 15 is 0 Å². The number of halogens is 3. The lowest BCUT2D eigenvalue weighted by molar-refractivity contribution is -0.693. The van der Waals surface area contributed by atoms with E-state index in [1.54, 1.807) is 6.07 Å². The van der Waals surface area contributed by atoms with Crippen molar-refractivity contribution in [1.82, 2.24) is 0 Å². The van der Waals surface area contributed by atoms with Gasteiger partial charge in [0.2, 0.25) is 0 Å². The molecule has 0 bridgehead atoms. The van der Waals surface area contributed by atoms with Gasteiger partial charge in [0.05, 0.1) is 17.3 Å². The molecule has 0 fully saturated rings. The van der Waals surface area contributed by atoms with Crippen LogP contribution in [0.1, 0.15) is 35.4 Å². The third-order valence-electron chi connectivity index (χ3n) is 3.51. The van der Waals surface area contributed by atoms with Gasteiger partial charge >= 0.3 is 0 Å². The van der Waals surface area contributed by atoms with E-state index in [4.69, 9.17) is 23.2 Å². The molecule has 1 aromatic heterocycles. The van der Waals surface area contributed by atoms with Crippen molar-refractivity contribution in [2.45, 2.75) is 25.5 Å². The number of hydrogen-bond donors (Lipinski definition) is 2. The molecule has 3 N–H and O–H groups in total. The van der Waals surface area contributed by atoms with Crippen molar-refractivity contribution >= 4 is 40.3 Å². The van der Waals surface area contributed by atoms with Crippen LogP contribution >= 0.6 is 34.5 Å². The molecule has 7 heteroatoms. The van der Waals surface area contributed by atoms with Gasteiger partial charge in [-0.2, -0.15) is 0 Å². The van der Waals surface area contributed by atoms with Gasteiger partial charge in [-0.05, 0) is 18.6 Å². The van der Waals surface area contributed by atoms with Crippen molar-refractivity contribution in [1.29, 1.82) is 0 Å². The van der Waals surface area contributed by atoms with Crippen LogP contribution in [0.2, 0.25) is 8.67 Å². The number of aliphatic hydroxyl groups excluding tert-OH is 1. The summed E-state index contributed by atoms with van der Waals surface area (Å²) in [7, 11) is 0. The van der Waals surface area contributed by atoms with Crippen LogP contribution in [0.15, 0.2) is 36.4 Å². The first-order valence-corrected chi connectivity index (χ1v) is 8.60. The summed E-state index contributed by atoms with van der Waals surface area (Å²) in [5.74, 6) is -0.0224. The number of thiophene rings is 1. The first-order chi connectivity index (χ1) is 10.5. The molecule has 2 aromatic rings. The Kier molecular flexibility index (Phi) is 8.54. The minimum Gasteiger partial charge on any atom is -1.00 e. The molecule has 1 heterocycles. The molecule has 0 radical (unpaired) electrons. The van der Waals surface area contributed by atoms with E-state index in [0.29, 0.717) is 27.2 Å². The summed E-state index contributed by atoms with van der Waals surface area (Å²) in [4.78, 5) is 12.1. The molecule has 2 unspecified atom stereocenters. The van der Waals surface area contributed by atoms with Crippen LogP contribution in [0.3, 0.4) is 0 Å². The number of hydrogen-bond acceptors (Lipinski definition) is 3. The van der Waals surface area contributed by atoms with E-state index in [2.05, 4.69) is 0 Å². The molecule has 1 aromatic carbocycles. The third-order valence-corrected chi connectivity index (χ3v) is 4.99. The Hall–Kier alpha value is -0.620. The minimum absolute atomic E-state index is 0. The maximum atomic E-state index is 12.1. The SMILES string of the molecule is CC([NH2+]CCC(=O)c1cc(Cl)sc1Cl)C(O)c1ccccc1.[Cl-]. The fourth-order valence-electron chi connectivity index (χ4n) is 2.23. The van der Waals surface area contributed by atoms with Crippen LogP contribution in [-0.4, -0.2) is 23.5 Å². The van der Waals surface area contributed by atoms with E-state index in [1.165, 1.54) is 11.3 Å². The highest BCUT2D eigenvalue weighted by Crippen LogP contribution is 2.31. The average molecular weight is 395 g/mol. The minimum atomic E-state index is -0.560. The van der Waals surface area contributed by atoms with Gasteiger partial charge in [0.25, 0.3) is 0 Å². The van der Waals surface area contributed by atoms with Gasteiger partial charge in [0, 0.05) is 5.56 Å². The predicted octanol–water partition coefficient (Wildman–Crippen LogP) is 0.317. The summed E-state index contributed by atoms with van der Waals surface area (Å²) in [6, 6.07) is 11.1. The van der Waals surface area contributed by atoms with Gasteiger partial charge in [-0.3, -0.25) is 4.79 Å². The van der Waals surface area contributed by atoms with Crippen LogP contribution in [0.5, 0.6) is 0 Å². The van der Waals surface area contributed by atoms with Gasteiger partial charge < -0.3 is 22.8 Å². The van der Waals surface area contributed by atoms with Crippen molar-refractivity contribution in [3.63, 3.8) is 0 Å². The summed E-state index contributed by atoms with van der Waals surface area (Å²) in [5.41, 5.74) is 1.37. The van der Waals surface area contributed by atoms with E-state index < -0.39 is 6.10 Å². The van der Waals surface area contributed by atoms with Crippen LogP contribution in [-0.2, 0) is 0 Å². The van der Waals surface area contributed by atoms with Gasteiger partial charge in [0.15, 0.2) is 5.78 Å². The maximum Gasteiger partial charge on any atom is 0.170 e. The summed E-state index contributed by atoms with van der Waals surface area (Å²) >= 11 is 13.0. The molecular formula is C16H18Cl3NO2S. The smallest absolute Gasteiger partial charge is 0.170 e. The molecule has 0 aliphatic heterocycles. The average Bonchev–Trinajstić information content (AvgIpc) is 2.86. The Morgan fingerprint density at radius 3 is 2.52 bits per heavy atom. The first kappa shape index (κ1) is 20.4. The molecule has 126 valence electrons. The molecule has 0 aliphatic rings. The topological polar surface area (TPSA) is 53.9 Å². The number of benzene rings is 1. The standard InChI is InChI=1S/C16H17Cl2NO2S.ClH/c1-10(15(21)11-5-3-2-4-6-11)19-8-7-13(20)12-9-14(17)22-16(12)18;/h2-6,9-10,15,19,21H,7-8H2,1H3;1H. The van der Waals surface area contributed by atoms with Gasteiger partial charge in [-0.15, -0.1) is 11.3 Å². The summed E-state index contributed by atoms with van der Waals surface area (Å²) in [5, 5.41) is 12.2. The van der Waals surface area contributed by atoms with Crippen LogP contribution < -0.4 is 17.7 Å². The summed E-state index contributed by atoms with van der Waals surface area (Å²) in [6.45, 7) is 2.53. The van der Waals surface area contributed by atoms with Crippen molar-refractivity contribution in [3.05, 3.63) is 56.2 Å². The molecular weight excluding hydrogens is 377 g/mol. The van der Waals surface area contributed by atoms with Crippen LogP contribution in [0, 0.1) is 0 Å². The normalized spacial score (nSPS) is 13.2. The second-order valence-electron chi connectivity index (χ2n) is 5.15. The Bertz CT molecular complexity index is 634. The number of nitrogens with two attached hydrogens (primary N) is 1. The Labute approximate surface area is 156 Å².